The summed E-state index contributed by atoms with van der Waals surface area (Å²) in [6.07, 6.45) is 0.813. The maximum Gasteiger partial charge on any atom is 0.224 e. The molecule has 4 rings (SSSR count). The number of amides is 1. The zero-order valence-electron chi connectivity index (χ0n) is 16.5. The standard InChI is InChI=1S/C22H23F2N5O/c23-18-6-3-4-16(12-18)13-22(30)25-14-21-27-26-20-8-9-28(10-11-29(20)21)15-17-5-1-2-7-19(17)24/h1-7,12H,8-11,13-15H2,(H,25,30). The van der Waals surface area contributed by atoms with Crippen LogP contribution >= 0.6 is 0 Å². The van der Waals surface area contributed by atoms with Gasteiger partial charge in [0.05, 0.1) is 13.0 Å². The van der Waals surface area contributed by atoms with E-state index >= 15 is 0 Å². The molecule has 1 N–H and O–H groups in total. The number of nitrogens with zero attached hydrogens (tertiary/aromatic N) is 4. The van der Waals surface area contributed by atoms with Crippen molar-refractivity contribution in [1.29, 1.82) is 0 Å². The molecular formula is C22H23F2N5O. The van der Waals surface area contributed by atoms with Crippen LogP contribution in [0.5, 0.6) is 0 Å². The van der Waals surface area contributed by atoms with E-state index in [-0.39, 0.29) is 30.5 Å². The lowest BCUT2D eigenvalue weighted by Gasteiger charge is -2.20. The molecule has 30 heavy (non-hydrogen) atoms. The summed E-state index contributed by atoms with van der Waals surface area (Å²) in [5, 5.41) is 11.3. The van der Waals surface area contributed by atoms with Gasteiger partial charge in [-0.25, -0.2) is 8.78 Å². The summed E-state index contributed by atoms with van der Waals surface area (Å²) in [5.74, 6) is 0.796. The molecule has 8 heteroatoms. The predicted octanol–water partition coefficient (Wildman–Crippen LogP) is 2.47. The Morgan fingerprint density at radius 1 is 1.03 bits per heavy atom. The summed E-state index contributed by atoms with van der Waals surface area (Å²) >= 11 is 0. The number of carbonyl (C=O) groups excluding carboxylic acids is 1. The summed E-state index contributed by atoms with van der Waals surface area (Å²) in [5.41, 5.74) is 1.30. The zero-order chi connectivity index (χ0) is 20.9. The van der Waals surface area contributed by atoms with Crippen LogP contribution in [0.15, 0.2) is 48.5 Å². The van der Waals surface area contributed by atoms with E-state index in [0.717, 1.165) is 18.9 Å². The fraction of sp³-hybridized carbons (Fsp3) is 0.318. The molecule has 0 spiro atoms. The van der Waals surface area contributed by atoms with Crippen molar-refractivity contribution in [2.24, 2.45) is 0 Å². The van der Waals surface area contributed by atoms with Crippen molar-refractivity contribution in [3.05, 3.63) is 82.9 Å². The van der Waals surface area contributed by atoms with Gasteiger partial charge >= 0.3 is 0 Å². The third kappa shape index (κ3) is 4.88. The smallest absolute Gasteiger partial charge is 0.224 e. The highest BCUT2D eigenvalue weighted by molar-refractivity contribution is 5.78. The van der Waals surface area contributed by atoms with E-state index in [1.54, 1.807) is 24.3 Å². The number of rotatable bonds is 6. The first-order valence-electron chi connectivity index (χ1n) is 9.96. The second kappa shape index (κ2) is 9.13. The van der Waals surface area contributed by atoms with Crippen molar-refractivity contribution < 1.29 is 13.6 Å². The molecule has 1 amide bonds. The molecule has 0 saturated heterocycles. The Balaban J connectivity index is 1.33. The third-order valence-electron chi connectivity index (χ3n) is 5.24. The molecule has 0 aliphatic carbocycles. The Kier molecular flexibility index (Phi) is 6.13. The van der Waals surface area contributed by atoms with Gasteiger partial charge in [-0.2, -0.15) is 0 Å². The van der Waals surface area contributed by atoms with Gasteiger partial charge in [0.15, 0.2) is 5.82 Å². The van der Waals surface area contributed by atoms with Gasteiger partial charge in [-0.1, -0.05) is 30.3 Å². The molecule has 0 atom stereocenters. The van der Waals surface area contributed by atoms with Crippen molar-refractivity contribution >= 4 is 5.91 Å². The Morgan fingerprint density at radius 2 is 1.90 bits per heavy atom. The van der Waals surface area contributed by atoms with Crippen molar-refractivity contribution in [3.63, 3.8) is 0 Å². The number of hydrogen-bond acceptors (Lipinski definition) is 4. The summed E-state index contributed by atoms with van der Waals surface area (Å²) in [6, 6.07) is 12.8. The van der Waals surface area contributed by atoms with Gasteiger partial charge in [0, 0.05) is 38.2 Å². The van der Waals surface area contributed by atoms with Crippen LogP contribution in [0.3, 0.4) is 0 Å². The molecule has 156 valence electrons. The van der Waals surface area contributed by atoms with E-state index in [1.165, 1.54) is 18.2 Å². The molecule has 1 aliphatic heterocycles. The van der Waals surface area contributed by atoms with Crippen LogP contribution in [0, 0.1) is 11.6 Å². The van der Waals surface area contributed by atoms with E-state index in [9.17, 15) is 13.6 Å². The van der Waals surface area contributed by atoms with Crippen LogP contribution < -0.4 is 5.32 Å². The van der Waals surface area contributed by atoms with Crippen molar-refractivity contribution in [3.8, 4) is 0 Å². The first kappa shape index (κ1) is 20.2. The minimum Gasteiger partial charge on any atom is -0.349 e. The molecule has 1 aromatic heterocycles. The van der Waals surface area contributed by atoms with Crippen LogP contribution in [0.4, 0.5) is 8.78 Å². The van der Waals surface area contributed by atoms with E-state index < -0.39 is 0 Å². The Morgan fingerprint density at radius 3 is 2.73 bits per heavy atom. The van der Waals surface area contributed by atoms with Gasteiger partial charge in [-0.15, -0.1) is 10.2 Å². The molecule has 6 nitrogen and oxygen atoms in total. The van der Waals surface area contributed by atoms with Gasteiger partial charge in [0.1, 0.15) is 17.5 Å². The zero-order valence-corrected chi connectivity index (χ0v) is 16.5. The van der Waals surface area contributed by atoms with Gasteiger partial charge in [0.25, 0.3) is 0 Å². The number of aromatic nitrogens is 3. The van der Waals surface area contributed by atoms with Crippen molar-refractivity contribution in [2.75, 3.05) is 13.1 Å². The second-order valence-electron chi connectivity index (χ2n) is 7.39. The highest BCUT2D eigenvalue weighted by atomic mass is 19.1. The molecule has 3 aromatic rings. The van der Waals surface area contributed by atoms with Crippen molar-refractivity contribution in [2.45, 2.75) is 32.5 Å². The maximum atomic E-state index is 14.0. The van der Waals surface area contributed by atoms with Gasteiger partial charge in [0.2, 0.25) is 5.91 Å². The third-order valence-corrected chi connectivity index (χ3v) is 5.24. The van der Waals surface area contributed by atoms with Gasteiger partial charge in [-0.3, -0.25) is 9.69 Å². The number of benzene rings is 2. The normalized spacial score (nSPS) is 14.2. The molecule has 2 heterocycles. The number of carbonyl (C=O) groups is 1. The summed E-state index contributed by atoms with van der Waals surface area (Å²) in [4.78, 5) is 14.4. The number of fused-ring (bicyclic) bond motifs is 1. The minimum atomic E-state index is -0.358. The summed E-state index contributed by atoms with van der Waals surface area (Å²) < 4.78 is 29.2. The highest BCUT2D eigenvalue weighted by Crippen LogP contribution is 2.14. The first-order valence-corrected chi connectivity index (χ1v) is 9.96. The molecular weight excluding hydrogens is 388 g/mol. The van der Waals surface area contributed by atoms with Crippen molar-refractivity contribution in [1.82, 2.24) is 25.0 Å². The Bertz CT molecular complexity index is 1040. The molecule has 0 unspecified atom stereocenters. The average Bonchev–Trinajstić information content (AvgIpc) is 3.00. The van der Waals surface area contributed by atoms with E-state index in [1.807, 2.05) is 10.6 Å². The topological polar surface area (TPSA) is 63.1 Å². The molecule has 0 saturated carbocycles. The lowest BCUT2D eigenvalue weighted by Crippen LogP contribution is -2.28. The minimum absolute atomic E-state index is 0.106. The lowest BCUT2D eigenvalue weighted by atomic mass is 10.1. The van der Waals surface area contributed by atoms with Crippen LogP contribution in [0.1, 0.15) is 22.8 Å². The predicted molar refractivity (Wildman–Crippen MR) is 107 cm³/mol. The van der Waals surface area contributed by atoms with E-state index in [4.69, 9.17) is 0 Å². The average molecular weight is 411 g/mol. The fourth-order valence-corrected chi connectivity index (χ4v) is 3.66. The highest BCUT2D eigenvalue weighted by Gasteiger charge is 2.19. The van der Waals surface area contributed by atoms with Gasteiger partial charge < -0.3 is 9.88 Å². The maximum absolute atomic E-state index is 14.0. The Hall–Kier alpha value is -3.13. The molecule has 1 aliphatic rings. The second-order valence-corrected chi connectivity index (χ2v) is 7.39. The van der Waals surface area contributed by atoms with E-state index in [0.29, 0.717) is 36.5 Å². The van der Waals surface area contributed by atoms with Crippen LogP contribution in [0.2, 0.25) is 0 Å². The fourth-order valence-electron chi connectivity index (χ4n) is 3.66. The largest absolute Gasteiger partial charge is 0.349 e. The molecule has 0 fully saturated rings. The lowest BCUT2D eigenvalue weighted by molar-refractivity contribution is -0.120. The molecule has 0 bridgehead atoms. The van der Waals surface area contributed by atoms with Crippen LogP contribution in [0.25, 0.3) is 0 Å². The number of hydrogen-bond donors (Lipinski definition) is 1. The monoisotopic (exact) mass is 411 g/mol. The molecule has 2 aromatic carbocycles. The van der Waals surface area contributed by atoms with Crippen LogP contribution in [-0.2, 0) is 37.3 Å². The number of nitrogens with one attached hydrogen (secondary N) is 1. The summed E-state index contributed by atoms with van der Waals surface area (Å²) in [7, 11) is 0. The quantitative estimate of drug-likeness (QED) is 0.677. The Labute approximate surface area is 173 Å². The number of halogens is 2. The SMILES string of the molecule is O=C(Cc1cccc(F)c1)NCc1nnc2n1CCN(Cc1ccccc1F)CC2. The van der Waals surface area contributed by atoms with Gasteiger partial charge in [-0.05, 0) is 23.8 Å². The van der Waals surface area contributed by atoms with E-state index in [2.05, 4.69) is 20.4 Å². The first-order chi connectivity index (χ1) is 14.6. The summed E-state index contributed by atoms with van der Waals surface area (Å²) in [6.45, 7) is 2.98. The molecule has 0 radical (unpaired) electrons. The van der Waals surface area contributed by atoms with Crippen LogP contribution in [-0.4, -0.2) is 38.7 Å².